The molecule has 0 aromatic carbocycles. The van der Waals surface area contributed by atoms with Crippen molar-refractivity contribution in [1.29, 1.82) is 0 Å². The van der Waals surface area contributed by atoms with Gasteiger partial charge in [0.15, 0.2) is 0 Å². The summed E-state index contributed by atoms with van der Waals surface area (Å²) in [4.78, 5) is 18.2. The maximum Gasteiger partial charge on any atom is 0.242 e. The predicted octanol–water partition coefficient (Wildman–Crippen LogP) is -0.421. The Labute approximate surface area is 142 Å². The van der Waals surface area contributed by atoms with Crippen molar-refractivity contribution in [2.45, 2.75) is 44.4 Å². The van der Waals surface area contributed by atoms with Crippen LogP contribution in [0.1, 0.15) is 25.1 Å². The van der Waals surface area contributed by atoms with Gasteiger partial charge in [0.2, 0.25) is 15.9 Å². The first kappa shape index (κ1) is 17.4. The van der Waals surface area contributed by atoms with Gasteiger partial charge in [-0.3, -0.25) is 4.79 Å². The minimum absolute atomic E-state index is 0.0890. The number of aliphatic hydroxyl groups excluding tert-OH is 1. The molecule has 2 saturated heterocycles. The van der Waals surface area contributed by atoms with Crippen LogP contribution in [0.2, 0.25) is 0 Å². The van der Waals surface area contributed by atoms with Crippen LogP contribution in [0.15, 0.2) is 12.4 Å². The summed E-state index contributed by atoms with van der Waals surface area (Å²) in [6.45, 7) is 3.07. The van der Waals surface area contributed by atoms with E-state index >= 15 is 0 Å². The number of amides is 1. The number of sulfonamides is 1. The van der Waals surface area contributed by atoms with Crippen LogP contribution in [-0.4, -0.2) is 75.7 Å². The van der Waals surface area contributed by atoms with Crippen LogP contribution in [0.25, 0.3) is 0 Å². The van der Waals surface area contributed by atoms with E-state index in [1.165, 1.54) is 10.6 Å². The largest absolute Gasteiger partial charge is 0.389 e. The Morgan fingerprint density at radius 1 is 1.42 bits per heavy atom. The van der Waals surface area contributed by atoms with E-state index in [0.717, 1.165) is 12.2 Å². The minimum Gasteiger partial charge on any atom is -0.389 e. The Morgan fingerprint density at radius 3 is 2.75 bits per heavy atom. The first-order valence-electron chi connectivity index (χ1n) is 8.15. The van der Waals surface area contributed by atoms with Crippen LogP contribution in [0, 0.1) is 6.92 Å². The Bertz CT molecular complexity index is 732. The second-order valence-electron chi connectivity index (χ2n) is 6.75. The molecule has 134 valence electrons. The fraction of sp³-hybridized carbons (Fsp3) is 0.733. The van der Waals surface area contributed by atoms with Crippen molar-refractivity contribution in [1.82, 2.24) is 18.8 Å². The van der Waals surface area contributed by atoms with Crippen LogP contribution in [0.4, 0.5) is 0 Å². The van der Waals surface area contributed by atoms with Crippen LogP contribution in [-0.2, 0) is 21.4 Å². The highest BCUT2D eigenvalue weighted by Gasteiger charge is 2.53. The van der Waals surface area contributed by atoms with Gasteiger partial charge in [-0.1, -0.05) is 0 Å². The van der Waals surface area contributed by atoms with E-state index in [1.54, 1.807) is 21.9 Å². The van der Waals surface area contributed by atoms with Crippen molar-refractivity contribution in [3.05, 3.63) is 18.2 Å². The van der Waals surface area contributed by atoms with Crippen molar-refractivity contribution in [2.24, 2.45) is 0 Å². The van der Waals surface area contributed by atoms with E-state index in [0.29, 0.717) is 25.9 Å². The molecule has 9 heteroatoms. The average Bonchev–Trinajstić information content (AvgIpc) is 3.09. The summed E-state index contributed by atoms with van der Waals surface area (Å²) < 4.78 is 27.3. The van der Waals surface area contributed by atoms with Crippen molar-refractivity contribution >= 4 is 15.9 Å². The van der Waals surface area contributed by atoms with E-state index in [9.17, 15) is 18.3 Å². The highest BCUT2D eigenvalue weighted by atomic mass is 32.2. The molecule has 1 spiro atoms. The molecule has 8 nitrogen and oxygen atoms in total. The molecule has 2 aliphatic heterocycles. The van der Waals surface area contributed by atoms with E-state index in [-0.39, 0.29) is 19.0 Å². The molecule has 3 rings (SSSR count). The maximum atomic E-state index is 12.5. The second-order valence-corrected chi connectivity index (χ2v) is 8.66. The molecule has 1 aromatic heterocycles. The quantitative estimate of drug-likeness (QED) is 0.793. The molecule has 3 heterocycles. The van der Waals surface area contributed by atoms with E-state index in [2.05, 4.69) is 4.98 Å². The summed E-state index contributed by atoms with van der Waals surface area (Å²) >= 11 is 0. The van der Waals surface area contributed by atoms with Gasteiger partial charge in [0.25, 0.3) is 0 Å². The molecular weight excluding hydrogens is 332 g/mol. The summed E-state index contributed by atoms with van der Waals surface area (Å²) in [5.74, 6) is 0.672. The van der Waals surface area contributed by atoms with Gasteiger partial charge in [-0.05, 0) is 26.2 Å². The van der Waals surface area contributed by atoms with Gasteiger partial charge in [-0.25, -0.2) is 13.4 Å². The molecule has 2 fully saturated rings. The lowest BCUT2D eigenvalue weighted by Crippen LogP contribution is -2.63. The molecule has 0 radical (unpaired) electrons. The van der Waals surface area contributed by atoms with Gasteiger partial charge in [-0.2, -0.15) is 4.31 Å². The van der Waals surface area contributed by atoms with Gasteiger partial charge < -0.3 is 14.6 Å². The fourth-order valence-corrected chi connectivity index (χ4v) is 5.39. The molecule has 0 unspecified atom stereocenters. The first-order valence-corrected chi connectivity index (χ1v) is 10.0. The number of carbonyl (C=O) groups excluding carboxylic acids is 1. The van der Waals surface area contributed by atoms with Crippen molar-refractivity contribution in [2.75, 3.05) is 25.9 Å². The number of likely N-dealkylation sites (tertiary alicyclic amines) is 1. The number of rotatable bonds is 3. The number of nitrogens with zero attached hydrogens (tertiary/aromatic N) is 4. The SMILES string of the molecule is Cc1nccn1CC(=O)N1CC[C@@]2(CCCN2S(C)(=O)=O)[C@@H](O)C1. The normalized spacial score (nSPS) is 28.6. The van der Waals surface area contributed by atoms with E-state index in [1.807, 2.05) is 6.92 Å². The average molecular weight is 356 g/mol. The molecule has 2 aliphatic rings. The second kappa shape index (κ2) is 6.12. The monoisotopic (exact) mass is 356 g/mol. The molecule has 0 aliphatic carbocycles. The van der Waals surface area contributed by atoms with E-state index < -0.39 is 21.7 Å². The summed E-state index contributed by atoms with van der Waals surface area (Å²) in [5, 5.41) is 10.7. The van der Waals surface area contributed by atoms with Crippen molar-refractivity contribution in [3.63, 3.8) is 0 Å². The van der Waals surface area contributed by atoms with Crippen LogP contribution in [0.5, 0.6) is 0 Å². The highest BCUT2D eigenvalue weighted by molar-refractivity contribution is 7.88. The molecule has 2 atom stereocenters. The van der Waals surface area contributed by atoms with Gasteiger partial charge in [0.05, 0.1) is 17.9 Å². The number of hydrogen-bond acceptors (Lipinski definition) is 5. The van der Waals surface area contributed by atoms with E-state index in [4.69, 9.17) is 0 Å². The molecule has 1 aromatic rings. The molecular formula is C15H24N4O4S. The Hall–Kier alpha value is -1.45. The molecule has 24 heavy (non-hydrogen) atoms. The van der Waals surface area contributed by atoms with Gasteiger partial charge >= 0.3 is 0 Å². The first-order chi connectivity index (χ1) is 11.2. The number of hydrogen-bond donors (Lipinski definition) is 1. The summed E-state index contributed by atoms with van der Waals surface area (Å²) in [5.41, 5.74) is -0.755. The number of aliphatic hydroxyl groups is 1. The third-order valence-corrected chi connectivity index (χ3v) is 6.62. The standard InChI is InChI=1S/C15H24N4O4S/c1-12-16-6-9-17(12)11-14(21)18-8-5-15(13(20)10-18)4-3-7-19(15)24(2,22)23/h6,9,13,20H,3-5,7-8,10-11H2,1-2H3/t13-,15-/m0/s1. The molecule has 1 N–H and O–H groups in total. The minimum atomic E-state index is -3.37. The van der Waals surface area contributed by atoms with Crippen molar-refractivity contribution < 1.29 is 18.3 Å². The number of β-amino-alcohol motifs (C(OH)–C–C–N with tert-alkyl or cyclic N) is 1. The van der Waals surface area contributed by atoms with Crippen LogP contribution in [0.3, 0.4) is 0 Å². The number of aromatic nitrogens is 2. The Balaban J connectivity index is 1.71. The molecule has 0 saturated carbocycles. The summed E-state index contributed by atoms with van der Waals surface area (Å²) in [6.07, 6.45) is 5.57. The predicted molar refractivity (Wildman–Crippen MR) is 87.7 cm³/mol. The smallest absolute Gasteiger partial charge is 0.242 e. The maximum absolute atomic E-state index is 12.5. The third kappa shape index (κ3) is 2.96. The van der Waals surface area contributed by atoms with Gasteiger partial charge in [-0.15, -0.1) is 0 Å². The number of piperidine rings is 1. The topological polar surface area (TPSA) is 95.7 Å². The lowest BCUT2D eigenvalue weighted by atomic mass is 9.83. The highest BCUT2D eigenvalue weighted by Crippen LogP contribution is 2.40. The fourth-order valence-electron chi connectivity index (χ4n) is 3.96. The third-order valence-electron chi connectivity index (χ3n) is 5.28. The zero-order valence-corrected chi connectivity index (χ0v) is 14.9. The van der Waals surface area contributed by atoms with Gasteiger partial charge in [0.1, 0.15) is 12.4 Å². The summed E-state index contributed by atoms with van der Waals surface area (Å²) in [7, 11) is -3.37. The zero-order chi connectivity index (χ0) is 17.5. The molecule has 0 bridgehead atoms. The van der Waals surface area contributed by atoms with Crippen LogP contribution >= 0.6 is 0 Å². The number of aryl methyl sites for hydroxylation is 1. The number of carbonyl (C=O) groups is 1. The van der Waals surface area contributed by atoms with Crippen molar-refractivity contribution in [3.8, 4) is 0 Å². The zero-order valence-electron chi connectivity index (χ0n) is 14.1. The lowest BCUT2D eigenvalue weighted by molar-refractivity contribution is -0.138. The van der Waals surface area contributed by atoms with Gasteiger partial charge in [0, 0.05) is 32.0 Å². The Kier molecular flexibility index (Phi) is 4.43. The molecule has 1 amide bonds. The Morgan fingerprint density at radius 2 is 2.17 bits per heavy atom. The lowest BCUT2D eigenvalue weighted by Gasteiger charge is -2.47. The number of imidazole rings is 1. The van der Waals surface area contributed by atoms with Crippen LogP contribution < -0.4 is 0 Å². The summed E-state index contributed by atoms with van der Waals surface area (Å²) in [6, 6.07) is 0.